The third-order valence-corrected chi connectivity index (χ3v) is 3.28. The maximum absolute atomic E-state index is 10.5. The molecule has 0 spiro atoms. The zero-order chi connectivity index (χ0) is 11.7. The normalized spacial score (nSPS) is 12.3. The molecule has 0 aromatic rings. The van der Waals surface area contributed by atoms with Crippen LogP contribution in [0.4, 0.5) is 0 Å². The molecular formula is C10H18O4S. The van der Waals surface area contributed by atoms with Crippen LogP contribution in [0.2, 0.25) is 0 Å². The van der Waals surface area contributed by atoms with Crippen molar-refractivity contribution in [2.75, 3.05) is 11.5 Å². The molecular weight excluding hydrogens is 216 g/mol. The van der Waals surface area contributed by atoms with E-state index in [-0.39, 0.29) is 12.3 Å². The minimum Gasteiger partial charge on any atom is -0.481 e. The number of carboxylic acid groups (broad SMARTS) is 2. The lowest BCUT2D eigenvalue weighted by Gasteiger charge is -2.05. The number of carboxylic acids is 2. The summed E-state index contributed by atoms with van der Waals surface area (Å²) in [5.41, 5.74) is 0. The predicted molar refractivity (Wildman–Crippen MR) is 60.2 cm³/mol. The first-order chi connectivity index (χ1) is 7.04. The highest BCUT2D eigenvalue weighted by Gasteiger charge is 2.09. The van der Waals surface area contributed by atoms with Gasteiger partial charge in [-0.25, -0.2) is 0 Å². The van der Waals surface area contributed by atoms with E-state index in [0.29, 0.717) is 12.2 Å². The Bertz CT molecular complexity index is 206. The van der Waals surface area contributed by atoms with Crippen LogP contribution in [0.5, 0.6) is 0 Å². The first kappa shape index (κ1) is 14.3. The monoisotopic (exact) mass is 234 g/mol. The van der Waals surface area contributed by atoms with Gasteiger partial charge in [-0.2, -0.15) is 11.8 Å². The van der Waals surface area contributed by atoms with Crippen molar-refractivity contribution in [1.82, 2.24) is 0 Å². The number of thioether (sulfide) groups is 1. The fourth-order valence-corrected chi connectivity index (χ4v) is 2.06. The zero-order valence-electron chi connectivity index (χ0n) is 8.94. The van der Waals surface area contributed by atoms with E-state index in [1.54, 1.807) is 18.7 Å². The molecule has 0 radical (unpaired) electrons. The van der Waals surface area contributed by atoms with E-state index >= 15 is 0 Å². The third-order valence-electron chi connectivity index (χ3n) is 1.97. The van der Waals surface area contributed by atoms with Crippen molar-refractivity contribution in [3.63, 3.8) is 0 Å². The average molecular weight is 234 g/mol. The van der Waals surface area contributed by atoms with E-state index in [1.165, 1.54) is 0 Å². The molecule has 4 nitrogen and oxygen atoms in total. The second kappa shape index (κ2) is 8.59. The third kappa shape index (κ3) is 9.59. The Morgan fingerprint density at radius 1 is 1.20 bits per heavy atom. The van der Waals surface area contributed by atoms with Crippen molar-refractivity contribution < 1.29 is 19.8 Å². The van der Waals surface area contributed by atoms with E-state index < -0.39 is 11.9 Å². The fraction of sp³-hybridized carbons (Fsp3) is 0.800. The highest BCUT2D eigenvalue weighted by molar-refractivity contribution is 7.99. The van der Waals surface area contributed by atoms with E-state index in [4.69, 9.17) is 10.2 Å². The first-order valence-electron chi connectivity index (χ1n) is 5.06. The second-order valence-electron chi connectivity index (χ2n) is 3.52. The van der Waals surface area contributed by atoms with Gasteiger partial charge in [-0.15, -0.1) is 0 Å². The van der Waals surface area contributed by atoms with E-state index in [1.807, 2.05) is 0 Å². The van der Waals surface area contributed by atoms with E-state index in [9.17, 15) is 9.59 Å². The summed E-state index contributed by atoms with van der Waals surface area (Å²) in [6.07, 6.45) is 2.81. The number of aliphatic carboxylic acids is 2. The molecule has 2 N–H and O–H groups in total. The number of hydrogen-bond acceptors (Lipinski definition) is 3. The Labute approximate surface area is 94.1 Å². The highest BCUT2D eigenvalue weighted by Crippen LogP contribution is 2.12. The predicted octanol–water partition coefficient (Wildman–Crippen LogP) is 2.09. The summed E-state index contributed by atoms with van der Waals surface area (Å²) in [6.45, 7) is 1.69. The van der Waals surface area contributed by atoms with Gasteiger partial charge < -0.3 is 10.2 Å². The van der Waals surface area contributed by atoms with Crippen molar-refractivity contribution in [2.24, 2.45) is 5.92 Å². The molecule has 5 heteroatoms. The lowest BCUT2D eigenvalue weighted by atomic mass is 10.2. The van der Waals surface area contributed by atoms with Gasteiger partial charge in [0.05, 0.1) is 5.92 Å². The fourth-order valence-electron chi connectivity index (χ4n) is 0.989. The molecule has 1 atom stereocenters. The van der Waals surface area contributed by atoms with Crippen LogP contribution in [0.15, 0.2) is 0 Å². The van der Waals surface area contributed by atoms with E-state index in [0.717, 1.165) is 18.6 Å². The van der Waals surface area contributed by atoms with Crippen LogP contribution >= 0.6 is 11.8 Å². The number of rotatable bonds is 9. The Kier molecular flexibility index (Phi) is 8.18. The van der Waals surface area contributed by atoms with Crippen molar-refractivity contribution in [3.8, 4) is 0 Å². The molecule has 0 aromatic carbocycles. The van der Waals surface area contributed by atoms with Crippen LogP contribution in [0, 0.1) is 5.92 Å². The highest BCUT2D eigenvalue weighted by atomic mass is 32.2. The van der Waals surface area contributed by atoms with Gasteiger partial charge in [-0.1, -0.05) is 13.3 Å². The molecule has 0 aliphatic rings. The first-order valence-corrected chi connectivity index (χ1v) is 6.22. The summed E-state index contributed by atoms with van der Waals surface area (Å²) < 4.78 is 0. The zero-order valence-corrected chi connectivity index (χ0v) is 9.76. The minimum absolute atomic E-state index is 0.232. The van der Waals surface area contributed by atoms with Gasteiger partial charge >= 0.3 is 11.9 Å². The molecule has 0 aliphatic heterocycles. The van der Waals surface area contributed by atoms with Crippen molar-refractivity contribution in [3.05, 3.63) is 0 Å². The lowest BCUT2D eigenvalue weighted by molar-refractivity contribution is -0.140. The van der Waals surface area contributed by atoms with Crippen LogP contribution in [-0.4, -0.2) is 33.7 Å². The molecule has 15 heavy (non-hydrogen) atoms. The molecule has 0 heterocycles. The van der Waals surface area contributed by atoms with Crippen molar-refractivity contribution in [2.45, 2.75) is 32.6 Å². The molecule has 0 saturated heterocycles. The van der Waals surface area contributed by atoms with Crippen LogP contribution in [0.25, 0.3) is 0 Å². The summed E-state index contributed by atoms with van der Waals surface area (Å²) in [5, 5.41) is 17.0. The molecule has 0 saturated carbocycles. The molecule has 1 unspecified atom stereocenters. The Balaban J connectivity index is 3.18. The Hall–Kier alpha value is -0.710. The van der Waals surface area contributed by atoms with Crippen molar-refractivity contribution in [1.29, 1.82) is 0 Å². The van der Waals surface area contributed by atoms with E-state index in [2.05, 4.69) is 0 Å². The lowest BCUT2D eigenvalue weighted by Crippen LogP contribution is -2.12. The van der Waals surface area contributed by atoms with Gasteiger partial charge in [0, 0.05) is 12.2 Å². The SMILES string of the molecule is CC(CSCCCCCC(=O)O)C(=O)O. The van der Waals surface area contributed by atoms with Gasteiger partial charge in [0.2, 0.25) is 0 Å². The molecule has 0 fully saturated rings. The molecule has 0 aliphatic carbocycles. The van der Waals surface area contributed by atoms with Crippen molar-refractivity contribution >= 4 is 23.7 Å². The summed E-state index contributed by atoms with van der Waals surface area (Å²) in [7, 11) is 0. The Morgan fingerprint density at radius 2 is 1.87 bits per heavy atom. The number of unbranched alkanes of at least 4 members (excludes halogenated alkanes) is 2. The standard InChI is InChI=1S/C10H18O4S/c1-8(10(13)14)7-15-6-4-2-3-5-9(11)12/h8H,2-7H2,1H3,(H,11,12)(H,13,14). The molecule has 0 aromatic heterocycles. The largest absolute Gasteiger partial charge is 0.481 e. The molecule has 0 bridgehead atoms. The minimum atomic E-state index is -0.756. The Morgan fingerprint density at radius 3 is 2.40 bits per heavy atom. The summed E-state index contributed by atoms with van der Waals surface area (Å²) in [5.74, 6) is -0.254. The molecule has 0 amide bonds. The van der Waals surface area contributed by atoms with Crippen LogP contribution in [0.1, 0.15) is 32.6 Å². The summed E-state index contributed by atoms with van der Waals surface area (Å²) in [6, 6.07) is 0. The molecule has 0 rings (SSSR count). The number of hydrogen-bond donors (Lipinski definition) is 2. The van der Waals surface area contributed by atoms with Gasteiger partial charge in [0.25, 0.3) is 0 Å². The smallest absolute Gasteiger partial charge is 0.307 e. The van der Waals surface area contributed by atoms with Gasteiger partial charge in [0.15, 0.2) is 0 Å². The summed E-state index contributed by atoms with van der Waals surface area (Å²) >= 11 is 1.62. The quantitative estimate of drug-likeness (QED) is 0.597. The second-order valence-corrected chi connectivity index (χ2v) is 4.67. The van der Waals surface area contributed by atoms with Crippen LogP contribution in [0.3, 0.4) is 0 Å². The topological polar surface area (TPSA) is 74.6 Å². The average Bonchev–Trinajstić information content (AvgIpc) is 2.15. The number of carbonyl (C=O) groups is 2. The van der Waals surface area contributed by atoms with Gasteiger partial charge in [-0.05, 0) is 18.6 Å². The molecule has 88 valence electrons. The maximum atomic E-state index is 10.5. The van der Waals surface area contributed by atoms with Gasteiger partial charge in [-0.3, -0.25) is 9.59 Å². The van der Waals surface area contributed by atoms with Crippen LogP contribution < -0.4 is 0 Å². The van der Waals surface area contributed by atoms with Gasteiger partial charge in [0.1, 0.15) is 0 Å². The summed E-state index contributed by atoms with van der Waals surface area (Å²) in [4.78, 5) is 20.6. The maximum Gasteiger partial charge on any atom is 0.307 e. The van der Waals surface area contributed by atoms with Crippen LogP contribution in [-0.2, 0) is 9.59 Å².